The zero-order chi connectivity index (χ0) is 26.6. The van der Waals surface area contributed by atoms with E-state index in [4.69, 9.17) is 4.74 Å². The number of azo groups is 1. The summed E-state index contributed by atoms with van der Waals surface area (Å²) in [6.45, 7) is 0.358. The fourth-order valence-electron chi connectivity index (χ4n) is 5.38. The summed E-state index contributed by atoms with van der Waals surface area (Å²) in [6, 6.07) is 8.29. The maximum Gasteiger partial charge on any atom is 0.418 e. The Kier molecular flexibility index (Phi) is 5.84. The first-order valence-corrected chi connectivity index (χ1v) is 12.4. The number of carbonyl (C=O) groups excluding carboxylic acids is 1. The summed E-state index contributed by atoms with van der Waals surface area (Å²) in [4.78, 5) is 26.6. The molecule has 1 saturated heterocycles. The average molecular weight is 527 g/mol. The Morgan fingerprint density at radius 1 is 1.18 bits per heavy atom. The van der Waals surface area contributed by atoms with E-state index in [9.17, 15) is 22.8 Å². The first-order valence-electron chi connectivity index (χ1n) is 12.4. The molecule has 38 heavy (non-hydrogen) atoms. The van der Waals surface area contributed by atoms with Crippen molar-refractivity contribution in [1.29, 1.82) is 0 Å². The van der Waals surface area contributed by atoms with Crippen LogP contribution in [0.25, 0.3) is 11.2 Å². The summed E-state index contributed by atoms with van der Waals surface area (Å²) >= 11 is 0. The lowest BCUT2D eigenvalue weighted by atomic mass is 9.71. The van der Waals surface area contributed by atoms with Crippen molar-refractivity contribution in [3.63, 3.8) is 0 Å². The number of likely N-dealkylation sites (N-methyl/N-ethyl adjacent to an activating group) is 1. The molecule has 1 radical (unpaired) electrons. The molecule has 1 saturated carbocycles. The van der Waals surface area contributed by atoms with E-state index in [-0.39, 0.29) is 36.7 Å². The van der Waals surface area contributed by atoms with E-state index in [1.165, 1.54) is 21.9 Å². The van der Waals surface area contributed by atoms with Crippen LogP contribution in [0.5, 0.6) is 0 Å². The standard InChI is InChI=1S/C26H25F3N6O3/c1-32-15-30-31-23(32)22(17-4-2-5-17)18-6-3-7-19(11-18)34-14-21-20(26(27,28)29)10-16(13-35(21)24(34)36)12-33-8-9-38-25(33)37/h3,6-7,10-11,13-15,17,22H,2,4-5,8-9,12H2,1H3/q+1/t22-/m1/s1. The van der Waals surface area contributed by atoms with Gasteiger partial charge in [-0.3, -0.25) is 8.97 Å². The summed E-state index contributed by atoms with van der Waals surface area (Å²) in [5, 5.41) is 8.35. The van der Waals surface area contributed by atoms with Crippen molar-refractivity contribution in [2.24, 2.45) is 16.1 Å². The molecule has 3 aromatic rings. The number of halogens is 3. The number of fused-ring (bicyclic) bond motifs is 1. The van der Waals surface area contributed by atoms with Crippen LogP contribution in [-0.4, -0.2) is 51.1 Å². The Morgan fingerprint density at radius 3 is 2.63 bits per heavy atom. The van der Waals surface area contributed by atoms with Crippen molar-refractivity contribution in [2.75, 3.05) is 20.2 Å². The molecule has 2 aromatic heterocycles. The minimum atomic E-state index is -4.70. The molecule has 0 unspecified atom stereocenters. The molecule has 2 aliphatic heterocycles. The number of carbonyl (C=O) groups is 1. The lowest BCUT2D eigenvalue weighted by Gasteiger charge is -2.34. The van der Waals surface area contributed by atoms with Crippen molar-refractivity contribution in [3.8, 4) is 5.69 Å². The summed E-state index contributed by atoms with van der Waals surface area (Å²) in [6.07, 6.45) is 2.95. The number of hydrogen-bond donors (Lipinski definition) is 0. The van der Waals surface area contributed by atoms with E-state index in [1.807, 2.05) is 23.8 Å². The highest BCUT2D eigenvalue weighted by Gasteiger charge is 2.42. The first-order chi connectivity index (χ1) is 18.2. The second kappa shape index (κ2) is 9.10. The van der Waals surface area contributed by atoms with Crippen molar-refractivity contribution >= 4 is 17.9 Å². The highest BCUT2D eigenvalue weighted by atomic mass is 19.4. The molecule has 0 bridgehead atoms. The van der Waals surface area contributed by atoms with Gasteiger partial charge in [-0.05, 0) is 53.2 Å². The largest absolute Gasteiger partial charge is 0.448 e. The maximum atomic E-state index is 14.1. The van der Waals surface area contributed by atoms with Gasteiger partial charge in [-0.2, -0.15) is 13.2 Å². The van der Waals surface area contributed by atoms with Gasteiger partial charge in [0.25, 0.3) is 0 Å². The second-order valence-electron chi connectivity index (χ2n) is 9.90. The zero-order valence-electron chi connectivity index (χ0n) is 20.6. The summed E-state index contributed by atoms with van der Waals surface area (Å²) < 4.78 is 51.2. The number of nitrogens with zero attached hydrogens (tertiary/aromatic N) is 6. The van der Waals surface area contributed by atoms with Gasteiger partial charge in [-0.1, -0.05) is 18.6 Å². The molecule has 12 heteroatoms. The third-order valence-electron chi connectivity index (χ3n) is 7.50. The monoisotopic (exact) mass is 526 g/mol. The Bertz CT molecular complexity index is 1540. The van der Waals surface area contributed by atoms with Crippen molar-refractivity contribution in [2.45, 2.75) is 37.9 Å². The molecule has 3 aliphatic rings. The molecule has 6 rings (SSSR count). The van der Waals surface area contributed by atoms with Crippen LogP contribution in [0.1, 0.15) is 41.9 Å². The second-order valence-corrected chi connectivity index (χ2v) is 9.90. The van der Waals surface area contributed by atoms with Crippen LogP contribution in [0.4, 0.5) is 18.0 Å². The molecule has 0 N–H and O–H groups in total. The number of imidazole rings is 1. The molecule has 4 heterocycles. The normalized spacial score (nSPS) is 19.2. The van der Waals surface area contributed by atoms with Crippen LogP contribution in [0.3, 0.4) is 0 Å². The van der Waals surface area contributed by atoms with Gasteiger partial charge in [0.1, 0.15) is 6.61 Å². The van der Waals surface area contributed by atoms with Crippen LogP contribution in [0.2, 0.25) is 0 Å². The minimum absolute atomic E-state index is 0.0403. The van der Waals surface area contributed by atoms with Crippen LogP contribution >= 0.6 is 0 Å². The molecule has 9 nitrogen and oxygen atoms in total. The van der Waals surface area contributed by atoms with Crippen LogP contribution < -0.4 is 5.69 Å². The smallest absolute Gasteiger partial charge is 0.418 e. The van der Waals surface area contributed by atoms with E-state index in [2.05, 4.69) is 10.2 Å². The number of amides is 1. The first kappa shape index (κ1) is 24.4. The van der Waals surface area contributed by atoms with Crippen molar-refractivity contribution in [1.82, 2.24) is 13.9 Å². The number of cyclic esters (lactones) is 1. The Labute approximate surface area is 215 Å². The maximum absolute atomic E-state index is 14.1. The van der Waals surface area contributed by atoms with Gasteiger partial charge < -0.3 is 9.64 Å². The fraction of sp³-hybridized carbons (Fsp3) is 0.385. The van der Waals surface area contributed by atoms with Gasteiger partial charge in [-0.15, -0.1) is 0 Å². The highest BCUT2D eigenvalue weighted by Crippen LogP contribution is 2.46. The lowest BCUT2D eigenvalue weighted by Crippen LogP contribution is -2.29. The van der Waals surface area contributed by atoms with E-state index in [0.29, 0.717) is 11.6 Å². The average Bonchev–Trinajstić information content (AvgIpc) is 3.55. The molecular formula is C26H25F3N6O3+. The molecular weight excluding hydrogens is 501 g/mol. The predicted molar refractivity (Wildman–Crippen MR) is 130 cm³/mol. The van der Waals surface area contributed by atoms with Gasteiger partial charge in [0, 0.05) is 12.4 Å². The third-order valence-corrected chi connectivity index (χ3v) is 7.50. The SMILES string of the molecule is C[N+]1=CN=N[C]1[C@@H](c1cccc(-n2cc3c(C(F)(F)F)cc(CN4CCOC4=O)cn3c2=O)c1)C1CCC1. The number of ether oxygens (including phenoxy) is 1. The zero-order valence-corrected chi connectivity index (χ0v) is 20.6. The van der Waals surface area contributed by atoms with E-state index in [1.54, 1.807) is 18.5 Å². The van der Waals surface area contributed by atoms with Gasteiger partial charge >= 0.3 is 30.5 Å². The summed E-state index contributed by atoms with van der Waals surface area (Å²) in [5.41, 5.74) is -0.266. The van der Waals surface area contributed by atoms with Crippen LogP contribution in [0.15, 0.2) is 57.7 Å². The molecule has 1 aromatic carbocycles. The fourth-order valence-corrected chi connectivity index (χ4v) is 5.38. The minimum Gasteiger partial charge on any atom is -0.448 e. The topological polar surface area (TPSA) is 83.7 Å². The van der Waals surface area contributed by atoms with Gasteiger partial charge in [0.05, 0.1) is 47.9 Å². The Balaban J connectivity index is 1.43. The molecule has 0 spiro atoms. The lowest BCUT2D eigenvalue weighted by molar-refractivity contribution is -0.480. The van der Waals surface area contributed by atoms with Gasteiger partial charge in [0.15, 0.2) is 0 Å². The van der Waals surface area contributed by atoms with Crippen molar-refractivity contribution in [3.05, 3.63) is 76.1 Å². The van der Waals surface area contributed by atoms with Gasteiger partial charge in [0.2, 0.25) is 0 Å². The van der Waals surface area contributed by atoms with Crippen molar-refractivity contribution < 1.29 is 27.3 Å². The number of benzene rings is 1. The number of aromatic nitrogens is 2. The van der Waals surface area contributed by atoms with E-state index < -0.39 is 23.5 Å². The van der Waals surface area contributed by atoms with E-state index in [0.717, 1.165) is 41.5 Å². The molecule has 2 fully saturated rings. The van der Waals surface area contributed by atoms with E-state index >= 15 is 0 Å². The predicted octanol–water partition coefficient (Wildman–Crippen LogP) is 4.57. The third kappa shape index (κ3) is 4.17. The summed E-state index contributed by atoms with van der Waals surface area (Å²) in [5.74, 6) is 0.330. The van der Waals surface area contributed by atoms with Gasteiger partial charge in [-0.25, -0.2) is 14.2 Å². The summed E-state index contributed by atoms with van der Waals surface area (Å²) in [7, 11) is 1.88. The number of hydrogen-bond acceptors (Lipinski definition) is 5. The molecule has 1 aliphatic carbocycles. The molecule has 197 valence electrons. The highest BCUT2D eigenvalue weighted by molar-refractivity contribution is 5.69. The van der Waals surface area contributed by atoms with Crippen LogP contribution in [0, 0.1) is 12.1 Å². The quantitative estimate of drug-likeness (QED) is 0.441. The number of rotatable bonds is 6. The number of pyridine rings is 1. The molecule has 1 amide bonds. The Morgan fingerprint density at radius 2 is 2.00 bits per heavy atom. The van der Waals surface area contributed by atoms with Crippen LogP contribution in [-0.2, 0) is 17.5 Å². The Hall–Kier alpha value is -3.96. The molecule has 1 atom stereocenters. The number of alkyl halides is 3.